The lowest BCUT2D eigenvalue weighted by Gasteiger charge is -2.19. The molecule has 0 aliphatic rings. The molecule has 0 saturated heterocycles. The first-order valence-electron chi connectivity index (χ1n) is 4.61. The van der Waals surface area contributed by atoms with Gasteiger partial charge in [-0.3, -0.25) is 15.7 Å². The molecular weight excluding hydrogens is 190 g/mol. The van der Waals surface area contributed by atoms with Gasteiger partial charge in [-0.1, -0.05) is 30.3 Å². The van der Waals surface area contributed by atoms with Crippen LogP contribution in [0.1, 0.15) is 5.56 Å². The van der Waals surface area contributed by atoms with E-state index in [4.69, 9.17) is 22.3 Å². The zero-order valence-corrected chi connectivity index (χ0v) is 8.40. The maximum absolute atomic E-state index is 7.23. The molecule has 1 aromatic carbocycles. The molecule has 15 heavy (non-hydrogen) atoms. The molecule has 1 rings (SSSR count). The Bertz CT molecular complexity index is 332. The van der Waals surface area contributed by atoms with E-state index in [1.54, 1.807) is 0 Å². The second-order valence-corrected chi connectivity index (χ2v) is 3.16. The molecule has 0 aromatic heterocycles. The van der Waals surface area contributed by atoms with E-state index in [2.05, 4.69) is 0 Å². The monoisotopic (exact) mass is 205 g/mol. The standard InChI is InChI=1S/C10H15N5/c11-9(12)15(10(13)14)7-6-8-4-2-1-3-5-8/h1-5H,6-7H2,(H3,11,12)(H3,13,14). The lowest BCUT2D eigenvalue weighted by Crippen LogP contribution is -2.45. The first-order chi connectivity index (χ1) is 7.11. The van der Waals surface area contributed by atoms with Gasteiger partial charge < -0.3 is 11.5 Å². The highest BCUT2D eigenvalue weighted by Crippen LogP contribution is 2.00. The summed E-state index contributed by atoms with van der Waals surface area (Å²) in [5.74, 6) is -0.392. The SMILES string of the molecule is N=C(N)N(CCc1ccccc1)C(=N)N. The van der Waals surface area contributed by atoms with Crippen molar-refractivity contribution in [1.82, 2.24) is 4.90 Å². The molecule has 0 saturated carbocycles. The molecule has 0 heterocycles. The highest BCUT2D eigenvalue weighted by molar-refractivity contribution is 5.94. The van der Waals surface area contributed by atoms with Gasteiger partial charge in [0.2, 0.25) is 0 Å². The van der Waals surface area contributed by atoms with Crippen molar-refractivity contribution in [2.24, 2.45) is 11.5 Å². The Morgan fingerprint density at radius 3 is 2.07 bits per heavy atom. The Kier molecular flexibility index (Phi) is 3.68. The van der Waals surface area contributed by atoms with Crippen molar-refractivity contribution >= 4 is 11.9 Å². The van der Waals surface area contributed by atoms with Gasteiger partial charge in [0, 0.05) is 6.54 Å². The average molecular weight is 205 g/mol. The van der Waals surface area contributed by atoms with E-state index in [-0.39, 0.29) is 11.9 Å². The molecule has 0 unspecified atom stereocenters. The molecule has 0 fully saturated rings. The number of guanidine groups is 2. The molecule has 5 heteroatoms. The van der Waals surface area contributed by atoms with Crippen LogP contribution in [0.3, 0.4) is 0 Å². The quantitative estimate of drug-likeness (QED) is 0.422. The maximum Gasteiger partial charge on any atom is 0.195 e. The number of nitrogens with one attached hydrogen (secondary N) is 2. The number of nitrogens with two attached hydrogens (primary N) is 2. The van der Waals surface area contributed by atoms with E-state index >= 15 is 0 Å². The van der Waals surface area contributed by atoms with Crippen molar-refractivity contribution in [3.05, 3.63) is 35.9 Å². The number of nitrogens with zero attached hydrogens (tertiary/aromatic N) is 1. The Balaban J connectivity index is 2.55. The molecule has 5 nitrogen and oxygen atoms in total. The minimum atomic E-state index is -0.196. The van der Waals surface area contributed by atoms with Gasteiger partial charge in [0.25, 0.3) is 0 Å². The van der Waals surface area contributed by atoms with Crippen LogP contribution in [0.15, 0.2) is 30.3 Å². The van der Waals surface area contributed by atoms with Gasteiger partial charge in [-0.05, 0) is 12.0 Å². The molecular formula is C10H15N5. The molecule has 0 aliphatic carbocycles. The maximum atomic E-state index is 7.23. The third-order valence-electron chi connectivity index (χ3n) is 2.05. The topological polar surface area (TPSA) is 103 Å². The van der Waals surface area contributed by atoms with Gasteiger partial charge in [-0.25, -0.2) is 0 Å². The number of rotatable bonds is 3. The fourth-order valence-electron chi connectivity index (χ4n) is 1.26. The van der Waals surface area contributed by atoms with Crippen LogP contribution in [0, 0.1) is 10.8 Å². The number of benzene rings is 1. The van der Waals surface area contributed by atoms with E-state index in [1.165, 1.54) is 4.90 Å². The van der Waals surface area contributed by atoms with Crippen molar-refractivity contribution in [3.63, 3.8) is 0 Å². The van der Waals surface area contributed by atoms with Gasteiger partial charge in [0.15, 0.2) is 11.9 Å². The molecule has 0 amide bonds. The van der Waals surface area contributed by atoms with Crippen molar-refractivity contribution in [1.29, 1.82) is 10.8 Å². The molecule has 0 atom stereocenters. The minimum Gasteiger partial charge on any atom is -0.370 e. The Morgan fingerprint density at radius 2 is 1.60 bits per heavy atom. The Labute approximate surface area is 88.7 Å². The summed E-state index contributed by atoms with van der Waals surface area (Å²) in [6, 6.07) is 9.80. The summed E-state index contributed by atoms with van der Waals surface area (Å²) in [5, 5.41) is 14.5. The lowest BCUT2D eigenvalue weighted by atomic mass is 10.1. The van der Waals surface area contributed by atoms with E-state index < -0.39 is 0 Å². The zero-order valence-electron chi connectivity index (χ0n) is 8.40. The number of hydrogen-bond acceptors (Lipinski definition) is 2. The van der Waals surface area contributed by atoms with E-state index in [0.29, 0.717) is 13.0 Å². The van der Waals surface area contributed by atoms with Crippen LogP contribution >= 0.6 is 0 Å². The fourth-order valence-corrected chi connectivity index (χ4v) is 1.26. The van der Waals surface area contributed by atoms with Crippen LogP contribution in [0.25, 0.3) is 0 Å². The van der Waals surface area contributed by atoms with Crippen LogP contribution in [-0.2, 0) is 6.42 Å². The molecule has 0 aliphatic heterocycles. The van der Waals surface area contributed by atoms with Crippen LogP contribution in [0.4, 0.5) is 0 Å². The largest absolute Gasteiger partial charge is 0.370 e. The van der Waals surface area contributed by atoms with Gasteiger partial charge >= 0.3 is 0 Å². The molecule has 80 valence electrons. The first kappa shape index (κ1) is 11.0. The average Bonchev–Trinajstić information content (AvgIpc) is 2.18. The Hall–Kier alpha value is -2.04. The molecule has 6 N–H and O–H groups in total. The van der Waals surface area contributed by atoms with Gasteiger partial charge in [0.05, 0.1) is 0 Å². The van der Waals surface area contributed by atoms with Crippen molar-refractivity contribution in [2.45, 2.75) is 6.42 Å². The van der Waals surface area contributed by atoms with Gasteiger partial charge in [-0.15, -0.1) is 0 Å². The smallest absolute Gasteiger partial charge is 0.195 e. The number of hydrogen-bond donors (Lipinski definition) is 4. The summed E-state index contributed by atoms with van der Waals surface area (Å²) >= 11 is 0. The van der Waals surface area contributed by atoms with E-state index in [1.807, 2.05) is 30.3 Å². The first-order valence-corrected chi connectivity index (χ1v) is 4.61. The predicted octanol–water partition coefficient (Wildman–Crippen LogP) is 0.318. The normalized spacial score (nSPS) is 9.60. The van der Waals surface area contributed by atoms with E-state index in [9.17, 15) is 0 Å². The van der Waals surface area contributed by atoms with Gasteiger partial charge in [-0.2, -0.15) is 0 Å². The van der Waals surface area contributed by atoms with Crippen molar-refractivity contribution in [2.75, 3.05) is 6.54 Å². The second-order valence-electron chi connectivity index (χ2n) is 3.16. The summed E-state index contributed by atoms with van der Waals surface area (Å²) in [6.45, 7) is 0.453. The minimum absolute atomic E-state index is 0.196. The van der Waals surface area contributed by atoms with Crippen molar-refractivity contribution in [3.8, 4) is 0 Å². The summed E-state index contributed by atoms with van der Waals surface area (Å²) < 4.78 is 0. The zero-order chi connectivity index (χ0) is 11.3. The summed E-state index contributed by atoms with van der Waals surface area (Å²) in [7, 11) is 0. The van der Waals surface area contributed by atoms with Gasteiger partial charge in [0.1, 0.15) is 0 Å². The second kappa shape index (κ2) is 4.99. The molecule has 0 spiro atoms. The lowest BCUT2D eigenvalue weighted by molar-refractivity contribution is 0.584. The van der Waals surface area contributed by atoms with E-state index in [0.717, 1.165) is 5.56 Å². The van der Waals surface area contributed by atoms with Crippen LogP contribution in [0.2, 0.25) is 0 Å². The van der Waals surface area contributed by atoms with Crippen LogP contribution < -0.4 is 11.5 Å². The molecule has 0 bridgehead atoms. The molecule has 1 aromatic rings. The highest BCUT2D eigenvalue weighted by Gasteiger charge is 2.08. The van der Waals surface area contributed by atoms with Crippen molar-refractivity contribution < 1.29 is 0 Å². The summed E-state index contributed by atoms with van der Waals surface area (Å²) in [6.07, 6.45) is 0.708. The highest BCUT2D eigenvalue weighted by atomic mass is 15.3. The molecule has 0 radical (unpaired) electrons. The Morgan fingerprint density at radius 1 is 1.07 bits per heavy atom. The predicted molar refractivity (Wildman–Crippen MR) is 60.7 cm³/mol. The summed E-state index contributed by atoms with van der Waals surface area (Å²) in [5.41, 5.74) is 11.7. The third kappa shape index (κ3) is 3.30. The third-order valence-corrected chi connectivity index (χ3v) is 2.05. The summed E-state index contributed by atoms with van der Waals surface area (Å²) in [4.78, 5) is 1.26. The van der Waals surface area contributed by atoms with Crippen LogP contribution in [-0.4, -0.2) is 23.4 Å². The van der Waals surface area contributed by atoms with Crippen LogP contribution in [0.5, 0.6) is 0 Å². The fraction of sp³-hybridized carbons (Fsp3) is 0.200.